The molecule has 0 saturated carbocycles. The molecule has 0 bridgehead atoms. The van der Waals surface area contributed by atoms with Crippen LogP contribution in [0.2, 0.25) is 0 Å². The van der Waals surface area contributed by atoms with Gasteiger partial charge >= 0.3 is 0 Å². The van der Waals surface area contributed by atoms with Crippen LogP contribution in [-0.2, 0) is 22.3 Å². The van der Waals surface area contributed by atoms with Crippen molar-refractivity contribution >= 4 is 10.0 Å². The molecule has 1 saturated heterocycles. The maximum absolute atomic E-state index is 12.5. The van der Waals surface area contributed by atoms with Gasteiger partial charge in [0, 0.05) is 19.6 Å². The van der Waals surface area contributed by atoms with Gasteiger partial charge in [-0.1, -0.05) is 38.1 Å². The summed E-state index contributed by atoms with van der Waals surface area (Å²) in [4.78, 5) is 0. The Morgan fingerprint density at radius 3 is 2.25 bits per heavy atom. The fourth-order valence-corrected chi connectivity index (χ4v) is 4.15. The van der Waals surface area contributed by atoms with Gasteiger partial charge in [-0.2, -0.15) is 0 Å². The van der Waals surface area contributed by atoms with Gasteiger partial charge in [0.15, 0.2) is 0 Å². The topological polar surface area (TPSA) is 63.4 Å². The van der Waals surface area contributed by atoms with Crippen molar-refractivity contribution in [1.82, 2.24) is 4.31 Å². The van der Waals surface area contributed by atoms with Crippen molar-refractivity contribution < 1.29 is 8.42 Å². The lowest BCUT2D eigenvalue weighted by molar-refractivity contribution is 0.195. The zero-order valence-corrected chi connectivity index (χ0v) is 13.1. The Balaban J connectivity index is 2.12. The second kappa shape index (κ2) is 5.84. The molecular weight excluding hydrogens is 272 g/mol. The molecule has 1 aromatic carbocycles. The fraction of sp³-hybridized carbons (Fsp3) is 0.600. The second-order valence-electron chi connectivity index (χ2n) is 6.29. The van der Waals surface area contributed by atoms with E-state index in [1.54, 1.807) is 4.31 Å². The van der Waals surface area contributed by atoms with Gasteiger partial charge in [0.2, 0.25) is 10.0 Å². The van der Waals surface area contributed by atoms with Crippen LogP contribution in [0.15, 0.2) is 24.3 Å². The van der Waals surface area contributed by atoms with Crippen molar-refractivity contribution in [2.24, 2.45) is 11.1 Å². The minimum Gasteiger partial charge on any atom is -0.326 e. The van der Waals surface area contributed by atoms with Crippen molar-refractivity contribution in [2.45, 2.75) is 39.0 Å². The number of rotatable bonds is 4. The van der Waals surface area contributed by atoms with Crippen LogP contribution in [0.1, 0.15) is 37.8 Å². The molecule has 1 heterocycles. The number of nitrogens with two attached hydrogens (primary N) is 1. The fourth-order valence-electron chi connectivity index (χ4n) is 2.55. The molecule has 1 aromatic rings. The van der Waals surface area contributed by atoms with Gasteiger partial charge in [-0.15, -0.1) is 0 Å². The standard InChI is InChI=1S/C15H24N2O2S/c1-15(2)7-9-17(10-8-15)20(18,19)12-14-6-4-3-5-13(14)11-16/h3-6H,7-12,16H2,1-2H3. The lowest BCUT2D eigenvalue weighted by atomic mass is 9.83. The Hall–Kier alpha value is -0.910. The number of piperidine rings is 1. The summed E-state index contributed by atoms with van der Waals surface area (Å²) in [5.41, 5.74) is 7.66. The average Bonchev–Trinajstić information content (AvgIpc) is 2.38. The summed E-state index contributed by atoms with van der Waals surface area (Å²) >= 11 is 0. The monoisotopic (exact) mass is 296 g/mol. The maximum atomic E-state index is 12.5. The van der Waals surface area contributed by atoms with E-state index in [2.05, 4.69) is 13.8 Å². The Bertz CT molecular complexity index is 557. The summed E-state index contributed by atoms with van der Waals surface area (Å²) < 4.78 is 26.7. The highest BCUT2D eigenvalue weighted by Crippen LogP contribution is 2.31. The summed E-state index contributed by atoms with van der Waals surface area (Å²) in [6.07, 6.45) is 1.84. The smallest absolute Gasteiger partial charge is 0.218 e. The third-order valence-corrected chi connectivity index (χ3v) is 5.97. The molecule has 2 N–H and O–H groups in total. The van der Waals surface area contributed by atoms with Crippen molar-refractivity contribution in [1.29, 1.82) is 0 Å². The summed E-state index contributed by atoms with van der Waals surface area (Å²) in [7, 11) is -3.24. The van der Waals surface area contributed by atoms with Crippen LogP contribution in [0.5, 0.6) is 0 Å². The minimum atomic E-state index is -3.24. The predicted octanol–water partition coefficient (Wildman–Crippen LogP) is 2.10. The summed E-state index contributed by atoms with van der Waals surface area (Å²) in [5, 5.41) is 0. The SMILES string of the molecule is CC1(C)CCN(S(=O)(=O)Cc2ccccc2CN)CC1. The lowest BCUT2D eigenvalue weighted by Gasteiger charge is -2.36. The van der Waals surface area contributed by atoms with Crippen molar-refractivity contribution in [3.63, 3.8) is 0 Å². The van der Waals surface area contributed by atoms with E-state index < -0.39 is 10.0 Å². The number of nitrogens with zero attached hydrogens (tertiary/aromatic N) is 1. The average molecular weight is 296 g/mol. The van der Waals surface area contributed by atoms with Gasteiger partial charge in [0.25, 0.3) is 0 Å². The van der Waals surface area contributed by atoms with Crippen LogP contribution in [-0.4, -0.2) is 25.8 Å². The molecule has 4 nitrogen and oxygen atoms in total. The molecule has 20 heavy (non-hydrogen) atoms. The summed E-state index contributed by atoms with van der Waals surface area (Å²) in [6, 6.07) is 7.50. The molecule has 2 rings (SSSR count). The molecule has 0 unspecified atom stereocenters. The zero-order valence-electron chi connectivity index (χ0n) is 12.3. The van der Waals surface area contributed by atoms with Crippen LogP contribution < -0.4 is 5.73 Å². The molecular formula is C15H24N2O2S. The largest absolute Gasteiger partial charge is 0.326 e. The van der Waals surface area contributed by atoms with E-state index in [1.807, 2.05) is 24.3 Å². The minimum absolute atomic E-state index is 0.0564. The molecule has 0 aromatic heterocycles. The molecule has 0 spiro atoms. The second-order valence-corrected chi connectivity index (χ2v) is 8.26. The van der Waals surface area contributed by atoms with E-state index in [1.165, 1.54) is 0 Å². The first-order valence-corrected chi connectivity index (χ1v) is 8.70. The van der Waals surface area contributed by atoms with Gasteiger partial charge in [-0.25, -0.2) is 12.7 Å². The zero-order chi connectivity index (χ0) is 14.8. The molecule has 5 heteroatoms. The summed E-state index contributed by atoms with van der Waals surface area (Å²) in [5.74, 6) is 0.0564. The van der Waals surface area contributed by atoms with Crippen LogP contribution in [0.25, 0.3) is 0 Å². The molecule has 112 valence electrons. The van der Waals surface area contributed by atoms with E-state index in [0.29, 0.717) is 19.6 Å². The molecule has 0 aliphatic carbocycles. The Kier molecular flexibility index (Phi) is 4.52. The first kappa shape index (κ1) is 15.5. The van der Waals surface area contributed by atoms with Crippen LogP contribution in [0.4, 0.5) is 0 Å². The quantitative estimate of drug-likeness (QED) is 0.925. The first-order chi connectivity index (χ1) is 9.34. The first-order valence-electron chi connectivity index (χ1n) is 7.09. The van der Waals surface area contributed by atoms with Crippen molar-refractivity contribution in [2.75, 3.05) is 13.1 Å². The van der Waals surface area contributed by atoms with Crippen LogP contribution >= 0.6 is 0 Å². The van der Waals surface area contributed by atoms with Crippen LogP contribution in [0, 0.1) is 5.41 Å². The van der Waals surface area contributed by atoms with Crippen molar-refractivity contribution in [3.8, 4) is 0 Å². The van der Waals surface area contributed by atoms with E-state index in [0.717, 1.165) is 24.0 Å². The third-order valence-electron chi connectivity index (χ3n) is 4.15. The molecule has 0 radical (unpaired) electrons. The number of sulfonamides is 1. The molecule has 0 amide bonds. The Morgan fingerprint density at radius 1 is 1.15 bits per heavy atom. The number of hydrogen-bond donors (Lipinski definition) is 1. The van der Waals surface area contributed by atoms with Crippen molar-refractivity contribution in [3.05, 3.63) is 35.4 Å². The maximum Gasteiger partial charge on any atom is 0.218 e. The van der Waals surface area contributed by atoms with Gasteiger partial charge < -0.3 is 5.73 Å². The number of benzene rings is 1. The number of hydrogen-bond acceptors (Lipinski definition) is 3. The Labute approximate surface area is 122 Å². The highest BCUT2D eigenvalue weighted by Gasteiger charge is 2.31. The molecule has 1 aliphatic heterocycles. The van der Waals surface area contributed by atoms with Crippen LogP contribution in [0.3, 0.4) is 0 Å². The summed E-state index contributed by atoms with van der Waals surface area (Å²) in [6.45, 7) is 6.01. The van der Waals surface area contributed by atoms with E-state index in [-0.39, 0.29) is 11.2 Å². The predicted molar refractivity (Wildman–Crippen MR) is 81.5 cm³/mol. The van der Waals surface area contributed by atoms with Gasteiger partial charge in [0.05, 0.1) is 5.75 Å². The van der Waals surface area contributed by atoms with E-state index >= 15 is 0 Å². The lowest BCUT2D eigenvalue weighted by Crippen LogP contribution is -2.41. The molecule has 1 fully saturated rings. The van der Waals surface area contributed by atoms with Gasteiger partial charge in [-0.3, -0.25) is 0 Å². The highest BCUT2D eigenvalue weighted by atomic mass is 32.2. The Morgan fingerprint density at radius 2 is 1.70 bits per heavy atom. The van der Waals surface area contributed by atoms with E-state index in [9.17, 15) is 8.42 Å². The van der Waals surface area contributed by atoms with E-state index in [4.69, 9.17) is 5.73 Å². The van der Waals surface area contributed by atoms with Gasteiger partial charge in [0.1, 0.15) is 0 Å². The third kappa shape index (κ3) is 3.59. The van der Waals surface area contributed by atoms with Gasteiger partial charge in [-0.05, 0) is 29.4 Å². The highest BCUT2D eigenvalue weighted by molar-refractivity contribution is 7.88. The molecule has 1 aliphatic rings. The molecule has 0 atom stereocenters. The normalized spacial score (nSPS) is 19.9.